The molecule has 3 aromatic rings. The van der Waals surface area contributed by atoms with E-state index < -0.39 is 28.5 Å². The largest absolute Gasteiger partial charge is 0.352 e. The van der Waals surface area contributed by atoms with E-state index in [4.69, 9.17) is 23.2 Å². The van der Waals surface area contributed by atoms with E-state index in [-0.39, 0.29) is 39.1 Å². The molecule has 1 aliphatic rings. The van der Waals surface area contributed by atoms with Crippen molar-refractivity contribution in [2.24, 2.45) is 0 Å². The molecule has 1 N–H and O–H groups in total. The lowest BCUT2D eigenvalue weighted by Gasteiger charge is -2.32. The number of hydrogen-bond donors (Lipinski definition) is 1. The van der Waals surface area contributed by atoms with Gasteiger partial charge in [-0.05, 0) is 74.7 Å². The smallest absolute Gasteiger partial charge is 0.264 e. The summed E-state index contributed by atoms with van der Waals surface area (Å²) in [7, 11) is -4.25. The first-order chi connectivity index (χ1) is 19.5. The maximum Gasteiger partial charge on any atom is 0.264 e. The van der Waals surface area contributed by atoms with Crippen LogP contribution in [0.5, 0.6) is 0 Å². The zero-order valence-electron chi connectivity index (χ0n) is 22.8. The Morgan fingerprint density at radius 3 is 2.27 bits per heavy atom. The van der Waals surface area contributed by atoms with Gasteiger partial charge < -0.3 is 10.2 Å². The van der Waals surface area contributed by atoms with Gasteiger partial charge in [0.2, 0.25) is 11.8 Å². The predicted molar refractivity (Wildman–Crippen MR) is 167 cm³/mol. The Hall–Kier alpha value is -2.59. The van der Waals surface area contributed by atoms with Crippen LogP contribution in [0.4, 0.5) is 5.69 Å². The number of rotatable bonds is 10. The van der Waals surface area contributed by atoms with Crippen molar-refractivity contribution >= 4 is 66.7 Å². The molecule has 0 heterocycles. The fraction of sp³-hybridized carbons (Fsp3) is 0.333. The van der Waals surface area contributed by atoms with E-state index in [9.17, 15) is 18.0 Å². The molecule has 0 aliphatic heterocycles. The van der Waals surface area contributed by atoms with Gasteiger partial charge in [-0.2, -0.15) is 0 Å². The van der Waals surface area contributed by atoms with Crippen LogP contribution in [0.25, 0.3) is 0 Å². The number of amides is 2. The van der Waals surface area contributed by atoms with Gasteiger partial charge in [0.25, 0.3) is 10.0 Å². The molecule has 4 rings (SSSR count). The number of carbonyl (C=O) groups excluding carboxylic acids is 2. The molecular formula is C30H32BrCl2N3O4S. The zero-order valence-corrected chi connectivity index (χ0v) is 26.7. The molecule has 2 amide bonds. The third-order valence-electron chi connectivity index (χ3n) is 7.20. The first-order valence-corrected chi connectivity index (χ1v) is 16.3. The molecule has 0 spiro atoms. The maximum absolute atomic E-state index is 14.1. The Bertz CT molecular complexity index is 1500. The topological polar surface area (TPSA) is 86.8 Å². The molecule has 0 saturated heterocycles. The lowest BCUT2D eigenvalue weighted by atomic mass is 10.1. The molecule has 1 atom stereocenters. The Morgan fingerprint density at radius 2 is 1.63 bits per heavy atom. The molecule has 41 heavy (non-hydrogen) atoms. The van der Waals surface area contributed by atoms with Gasteiger partial charge in [-0.15, -0.1) is 0 Å². The van der Waals surface area contributed by atoms with Crippen LogP contribution in [0, 0.1) is 6.92 Å². The van der Waals surface area contributed by atoms with Crippen molar-refractivity contribution in [2.75, 3.05) is 10.8 Å². The van der Waals surface area contributed by atoms with E-state index in [1.807, 2.05) is 31.2 Å². The van der Waals surface area contributed by atoms with E-state index in [2.05, 4.69) is 21.2 Å². The highest BCUT2D eigenvalue weighted by Gasteiger charge is 2.34. The Balaban J connectivity index is 1.71. The van der Waals surface area contributed by atoms with Crippen LogP contribution in [0.2, 0.25) is 10.0 Å². The van der Waals surface area contributed by atoms with E-state index in [1.54, 1.807) is 25.1 Å². The minimum atomic E-state index is -4.25. The molecular weight excluding hydrogens is 649 g/mol. The summed E-state index contributed by atoms with van der Waals surface area (Å²) in [5.74, 6) is -0.843. The fourth-order valence-corrected chi connectivity index (χ4v) is 6.91. The number of aryl methyl sites for hydroxylation is 1. The van der Waals surface area contributed by atoms with Crippen LogP contribution in [-0.2, 0) is 26.2 Å². The summed E-state index contributed by atoms with van der Waals surface area (Å²) in [6.45, 7) is 3.02. The highest BCUT2D eigenvalue weighted by atomic mass is 79.9. The number of sulfonamides is 1. The lowest BCUT2D eigenvalue weighted by molar-refractivity contribution is -0.139. The number of anilines is 1. The molecule has 218 valence electrons. The van der Waals surface area contributed by atoms with E-state index in [1.165, 1.54) is 29.2 Å². The van der Waals surface area contributed by atoms with Crippen LogP contribution in [-0.4, -0.2) is 43.8 Å². The molecule has 0 bridgehead atoms. The van der Waals surface area contributed by atoms with Gasteiger partial charge in [-0.1, -0.05) is 81.8 Å². The van der Waals surface area contributed by atoms with Crippen molar-refractivity contribution in [1.82, 2.24) is 10.2 Å². The maximum atomic E-state index is 14.1. The van der Waals surface area contributed by atoms with Gasteiger partial charge in [-0.3, -0.25) is 13.9 Å². The average Bonchev–Trinajstić information content (AvgIpc) is 3.45. The average molecular weight is 681 g/mol. The summed E-state index contributed by atoms with van der Waals surface area (Å²) in [5, 5.41) is 3.44. The molecule has 0 aromatic heterocycles. The second-order valence-electron chi connectivity index (χ2n) is 10.2. The number of benzene rings is 3. The monoisotopic (exact) mass is 679 g/mol. The van der Waals surface area contributed by atoms with Crippen molar-refractivity contribution in [3.05, 3.63) is 92.4 Å². The summed E-state index contributed by atoms with van der Waals surface area (Å²) >= 11 is 16.1. The van der Waals surface area contributed by atoms with Crippen molar-refractivity contribution in [2.45, 2.75) is 63.1 Å². The molecule has 11 heteroatoms. The van der Waals surface area contributed by atoms with E-state index in [0.29, 0.717) is 0 Å². The van der Waals surface area contributed by atoms with Gasteiger partial charge >= 0.3 is 0 Å². The summed E-state index contributed by atoms with van der Waals surface area (Å²) in [5.41, 5.74) is 1.74. The third kappa shape index (κ3) is 7.83. The first kappa shape index (κ1) is 31.3. The van der Waals surface area contributed by atoms with Crippen molar-refractivity contribution < 1.29 is 18.0 Å². The molecule has 1 aliphatic carbocycles. The van der Waals surface area contributed by atoms with E-state index in [0.717, 1.165) is 45.6 Å². The number of hydrogen-bond acceptors (Lipinski definition) is 4. The van der Waals surface area contributed by atoms with Gasteiger partial charge in [-0.25, -0.2) is 8.42 Å². The SMILES string of the molecule is Cc1ccc(S(=O)(=O)N(CC(=O)N(Cc2ccc(Br)cc2)[C@@H](C)C(=O)NC2CCCC2)c2cc(Cl)ccc2Cl)cc1. The van der Waals surface area contributed by atoms with Crippen LogP contribution in [0.1, 0.15) is 43.7 Å². The lowest BCUT2D eigenvalue weighted by Crippen LogP contribution is -2.52. The van der Waals surface area contributed by atoms with Crippen molar-refractivity contribution in [1.29, 1.82) is 0 Å². The van der Waals surface area contributed by atoms with Crippen molar-refractivity contribution in [3.8, 4) is 0 Å². The molecule has 3 aromatic carbocycles. The van der Waals surface area contributed by atoms with Gasteiger partial charge in [0, 0.05) is 22.1 Å². The highest BCUT2D eigenvalue weighted by molar-refractivity contribution is 9.10. The van der Waals surface area contributed by atoms with Crippen LogP contribution < -0.4 is 9.62 Å². The summed E-state index contributed by atoms with van der Waals surface area (Å²) in [6.07, 6.45) is 3.89. The summed E-state index contributed by atoms with van der Waals surface area (Å²) in [4.78, 5) is 28.8. The normalized spacial score (nSPS) is 14.5. The van der Waals surface area contributed by atoms with Gasteiger partial charge in [0.05, 0.1) is 15.6 Å². The van der Waals surface area contributed by atoms with Crippen LogP contribution >= 0.6 is 39.1 Å². The number of halogens is 3. The van der Waals surface area contributed by atoms with Crippen molar-refractivity contribution in [3.63, 3.8) is 0 Å². The second-order valence-corrected chi connectivity index (χ2v) is 13.9. The first-order valence-electron chi connectivity index (χ1n) is 13.3. The predicted octanol–water partition coefficient (Wildman–Crippen LogP) is 6.74. The Labute approximate surface area is 260 Å². The molecule has 0 radical (unpaired) electrons. The molecule has 7 nitrogen and oxygen atoms in total. The zero-order chi connectivity index (χ0) is 29.7. The number of nitrogens with one attached hydrogen (secondary N) is 1. The minimum Gasteiger partial charge on any atom is -0.352 e. The standard InChI is InChI=1S/C30H32BrCl2N3O4S/c1-20-7-14-26(15-8-20)41(39,40)36(28-17-24(32)13-16-27(28)33)19-29(37)35(18-22-9-11-23(31)12-10-22)21(2)30(38)34-25-5-3-4-6-25/h7-17,21,25H,3-6,18-19H2,1-2H3,(H,34,38)/t21-/m0/s1. The highest BCUT2D eigenvalue weighted by Crippen LogP contribution is 2.33. The summed E-state index contributed by atoms with van der Waals surface area (Å²) < 4.78 is 29.8. The van der Waals surface area contributed by atoms with Crippen LogP contribution in [0.3, 0.4) is 0 Å². The van der Waals surface area contributed by atoms with Crippen LogP contribution in [0.15, 0.2) is 76.1 Å². The Kier molecular flexibility index (Phi) is 10.4. The van der Waals surface area contributed by atoms with Gasteiger partial charge in [0.1, 0.15) is 12.6 Å². The molecule has 1 fully saturated rings. The minimum absolute atomic E-state index is 0.00146. The second kappa shape index (κ2) is 13.6. The van der Waals surface area contributed by atoms with E-state index >= 15 is 0 Å². The molecule has 0 unspecified atom stereocenters. The fourth-order valence-electron chi connectivity index (χ4n) is 4.79. The third-order valence-corrected chi connectivity index (χ3v) is 10.1. The van der Waals surface area contributed by atoms with Gasteiger partial charge in [0.15, 0.2) is 0 Å². The quantitative estimate of drug-likeness (QED) is 0.257. The number of carbonyl (C=O) groups is 2. The number of nitrogens with zero attached hydrogens (tertiary/aromatic N) is 2. The molecule has 1 saturated carbocycles. The summed E-state index contributed by atoms with van der Waals surface area (Å²) in [6, 6.07) is 17.4. The Morgan fingerprint density at radius 1 is 1.00 bits per heavy atom.